The molecule has 0 spiro atoms. The van der Waals surface area contributed by atoms with E-state index in [9.17, 15) is 4.79 Å². The largest absolute Gasteiger partial charge is 0.493 e. The SMILES string of the molecule is CCCC1CC(C(=O)NC(C)c2ccc(OC3CCCC3)c(OC)c2)NN1. The Bertz CT molecular complexity index is 631. The molecule has 3 atom stereocenters. The lowest BCUT2D eigenvalue weighted by Gasteiger charge is -2.20. The fraction of sp³-hybridized carbons (Fsp3) is 0.667. The van der Waals surface area contributed by atoms with Crippen molar-refractivity contribution in [3.8, 4) is 11.5 Å². The van der Waals surface area contributed by atoms with Crippen LogP contribution in [0.4, 0.5) is 0 Å². The third-order valence-corrected chi connectivity index (χ3v) is 5.58. The summed E-state index contributed by atoms with van der Waals surface area (Å²) in [5.41, 5.74) is 7.34. The van der Waals surface area contributed by atoms with Gasteiger partial charge in [0, 0.05) is 6.04 Å². The molecule has 0 bridgehead atoms. The molecular formula is C21H33N3O3. The van der Waals surface area contributed by atoms with Crippen molar-refractivity contribution in [3.63, 3.8) is 0 Å². The molecule has 150 valence electrons. The van der Waals surface area contributed by atoms with E-state index in [1.54, 1.807) is 7.11 Å². The molecule has 3 N–H and O–H groups in total. The van der Waals surface area contributed by atoms with Gasteiger partial charge in [0.25, 0.3) is 0 Å². The summed E-state index contributed by atoms with van der Waals surface area (Å²) in [5, 5.41) is 3.11. The van der Waals surface area contributed by atoms with E-state index < -0.39 is 0 Å². The highest BCUT2D eigenvalue weighted by molar-refractivity contribution is 5.82. The fourth-order valence-electron chi connectivity index (χ4n) is 3.97. The molecule has 3 rings (SSSR count). The average Bonchev–Trinajstić information content (AvgIpc) is 3.34. The van der Waals surface area contributed by atoms with Gasteiger partial charge in [-0.25, -0.2) is 5.43 Å². The van der Waals surface area contributed by atoms with E-state index in [-0.39, 0.29) is 18.0 Å². The van der Waals surface area contributed by atoms with E-state index >= 15 is 0 Å². The highest BCUT2D eigenvalue weighted by Gasteiger charge is 2.29. The molecule has 6 nitrogen and oxygen atoms in total. The molecule has 3 unspecified atom stereocenters. The molecule has 0 radical (unpaired) electrons. The lowest BCUT2D eigenvalue weighted by atomic mass is 10.0. The average molecular weight is 376 g/mol. The lowest BCUT2D eigenvalue weighted by molar-refractivity contribution is -0.123. The van der Waals surface area contributed by atoms with E-state index in [2.05, 4.69) is 23.1 Å². The van der Waals surface area contributed by atoms with Crippen LogP contribution in [0, 0.1) is 0 Å². The molecule has 1 heterocycles. The first-order valence-electron chi connectivity index (χ1n) is 10.3. The molecule has 2 fully saturated rings. The standard InChI is InChI=1S/C21H33N3O3/c1-4-7-16-13-18(24-23-16)21(25)22-14(2)15-10-11-19(20(12-15)26-3)27-17-8-5-6-9-17/h10-12,14,16-18,23-24H,4-9,13H2,1-3H3,(H,22,25). The summed E-state index contributed by atoms with van der Waals surface area (Å²) in [6.45, 7) is 4.15. The van der Waals surface area contributed by atoms with Crippen LogP contribution >= 0.6 is 0 Å². The predicted molar refractivity (Wildman–Crippen MR) is 106 cm³/mol. The number of nitrogens with one attached hydrogen (secondary N) is 3. The van der Waals surface area contributed by atoms with Crippen molar-refractivity contribution in [2.24, 2.45) is 0 Å². The van der Waals surface area contributed by atoms with Crippen LogP contribution in [-0.2, 0) is 4.79 Å². The van der Waals surface area contributed by atoms with Gasteiger partial charge in [0.1, 0.15) is 6.04 Å². The summed E-state index contributed by atoms with van der Waals surface area (Å²) in [6.07, 6.45) is 7.99. The fourth-order valence-corrected chi connectivity index (χ4v) is 3.97. The second kappa shape index (κ2) is 9.42. The lowest BCUT2D eigenvalue weighted by Crippen LogP contribution is -2.44. The first-order chi connectivity index (χ1) is 13.1. The Morgan fingerprint density at radius 1 is 1.26 bits per heavy atom. The molecule has 0 aromatic heterocycles. The number of amides is 1. The highest BCUT2D eigenvalue weighted by atomic mass is 16.5. The summed E-state index contributed by atoms with van der Waals surface area (Å²) in [7, 11) is 1.66. The first kappa shape index (κ1) is 20.0. The van der Waals surface area contributed by atoms with Crippen LogP contribution in [0.25, 0.3) is 0 Å². The number of hydrazine groups is 1. The van der Waals surface area contributed by atoms with Gasteiger partial charge in [-0.15, -0.1) is 0 Å². The summed E-state index contributed by atoms with van der Waals surface area (Å²) in [4.78, 5) is 12.6. The number of carbonyl (C=O) groups excluding carboxylic acids is 1. The van der Waals surface area contributed by atoms with Crippen molar-refractivity contribution in [1.29, 1.82) is 0 Å². The van der Waals surface area contributed by atoms with Gasteiger partial charge in [0.2, 0.25) is 5.91 Å². The summed E-state index contributed by atoms with van der Waals surface area (Å²) >= 11 is 0. The molecular weight excluding hydrogens is 342 g/mol. The summed E-state index contributed by atoms with van der Waals surface area (Å²) in [5.74, 6) is 1.54. The van der Waals surface area contributed by atoms with E-state index in [0.29, 0.717) is 12.1 Å². The van der Waals surface area contributed by atoms with E-state index in [0.717, 1.165) is 49.2 Å². The van der Waals surface area contributed by atoms with Gasteiger partial charge in [0.15, 0.2) is 11.5 Å². The van der Waals surface area contributed by atoms with Gasteiger partial charge in [-0.2, -0.15) is 0 Å². The quantitative estimate of drug-likeness (QED) is 0.651. The van der Waals surface area contributed by atoms with Crippen molar-refractivity contribution in [2.75, 3.05) is 7.11 Å². The molecule has 1 saturated carbocycles. The van der Waals surface area contributed by atoms with Crippen LogP contribution in [0.5, 0.6) is 11.5 Å². The Morgan fingerprint density at radius 2 is 2.04 bits per heavy atom. The number of rotatable bonds is 8. The van der Waals surface area contributed by atoms with Crippen LogP contribution < -0.4 is 25.6 Å². The number of benzene rings is 1. The zero-order valence-corrected chi connectivity index (χ0v) is 16.7. The van der Waals surface area contributed by atoms with Gasteiger partial charge in [-0.1, -0.05) is 19.4 Å². The van der Waals surface area contributed by atoms with Gasteiger partial charge in [-0.05, 0) is 63.1 Å². The Labute approximate surface area is 162 Å². The normalized spacial score (nSPS) is 24.0. The molecule has 1 aliphatic carbocycles. The molecule has 2 aliphatic rings. The van der Waals surface area contributed by atoms with Crippen LogP contribution in [0.2, 0.25) is 0 Å². The topological polar surface area (TPSA) is 71.6 Å². The maximum Gasteiger partial charge on any atom is 0.239 e. The zero-order chi connectivity index (χ0) is 19.2. The van der Waals surface area contributed by atoms with Crippen LogP contribution in [0.3, 0.4) is 0 Å². The first-order valence-corrected chi connectivity index (χ1v) is 10.3. The maximum atomic E-state index is 12.6. The van der Waals surface area contributed by atoms with Gasteiger partial charge < -0.3 is 14.8 Å². The van der Waals surface area contributed by atoms with Crippen molar-refractivity contribution < 1.29 is 14.3 Å². The molecule has 1 aliphatic heterocycles. The van der Waals surface area contributed by atoms with Crippen molar-refractivity contribution in [3.05, 3.63) is 23.8 Å². The number of hydrogen-bond acceptors (Lipinski definition) is 5. The molecule has 1 aromatic carbocycles. The van der Waals surface area contributed by atoms with E-state index in [4.69, 9.17) is 9.47 Å². The molecule has 6 heteroatoms. The van der Waals surface area contributed by atoms with Crippen molar-refractivity contribution in [1.82, 2.24) is 16.2 Å². The minimum Gasteiger partial charge on any atom is -0.493 e. The second-order valence-electron chi connectivity index (χ2n) is 7.73. The van der Waals surface area contributed by atoms with Crippen molar-refractivity contribution in [2.45, 2.75) is 83.0 Å². The Kier molecular flexibility index (Phi) is 6.96. The van der Waals surface area contributed by atoms with E-state index in [1.807, 2.05) is 25.1 Å². The Balaban J connectivity index is 1.59. The second-order valence-corrected chi connectivity index (χ2v) is 7.73. The number of hydrogen-bond donors (Lipinski definition) is 3. The van der Waals surface area contributed by atoms with Crippen LogP contribution in [-0.4, -0.2) is 31.2 Å². The Morgan fingerprint density at radius 3 is 2.74 bits per heavy atom. The Hall–Kier alpha value is -1.79. The molecule has 1 aromatic rings. The third-order valence-electron chi connectivity index (χ3n) is 5.58. The summed E-state index contributed by atoms with van der Waals surface area (Å²) < 4.78 is 11.6. The predicted octanol–water partition coefficient (Wildman–Crippen LogP) is 3.23. The zero-order valence-electron chi connectivity index (χ0n) is 16.7. The minimum atomic E-state index is -0.184. The minimum absolute atomic E-state index is 0.0267. The smallest absolute Gasteiger partial charge is 0.239 e. The highest BCUT2D eigenvalue weighted by Crippen LogP contribution is 2.33. The van der Waals surface area contributed by atoms with Gasteiger partial charge >= 0.3 is 0 Å². The van der Waals surface area contributed by atoms with Crippen LogP contribution in [0.1, 0.15) is 70.4 Å². The van der Waals surface area contributed by atoms with Gasteiger partial charge in [-0.3, -0.25) is 10.2 Å². The number of carbonyl (C=O) groups is 1. The number of ether oxygens (including phenoxy) is 2. The molecule has 1 amide bonds. The maximum absolute atomic E-state index is 12.6. The third kappa shape index (κ3) is 5.14. The van der Waals surface area contributed by atoms with Crippen LogP contribution in [0.15, 0.2) is 18.2 Å². The van der Waals surface area contributed by atoms with E-state index in [1.165, 1.54) is 12.8 Å². The van der Waals surface area contributed by atoms with Crippen molar-refractivity contribution >= 4 is 5.91 Å². The molecule has 27 heavy (non-hydrogen) atoms. The molecule has 1 saturated heterocycles. The number of methoxy groups -OCH3 is 1. The monoisotopic (exact) mass is 375 g/mol. The summed E-state index contributed by atoms with van der Waals surface area (Å²) in [6, 6.07) is 6.03. The van der Waals surface area contributed by atoms with Gasteiger partial charge in [0.05, 0.1) is 19.3 Å².